The topological polar surface area (TPSA) is 49.8 Å². The van der Waals surface area contributed by atoms with E-state index in [1.165, 1.54) is 0 Å². The van der Waals surface area contributed by atoms with Crippen LogP contribution in [0.25, 0.3) is 0 Å². The van der Waals surface area contributed by atoms with Crippen molar-refractivity contribution < 1.29 is 14.6 Å². The molecule has 1 aromatic rings. The molecule has 1 aliphatic heterocycles. The Bertz CT molecular complexity index is 435. The van der Waals surface area contributed by atoms with Gasteiger partial charge in [0.1, 0.15) is 5.75 Å². The zero-order valence-corrected chi connectivity index (χ0v) is 12.7. The summed E-state index contributed by atoms with van der Waals surface area (Å²) in [4.78, 5) is 14.6. The summed E-state index contributed by atoms with van der Waals surface area (Å²) >= 11 is 0. The number of amides is 1. The number of para-hydroxylation sites is 1. The molecule has 1 aliphatic rings. The van der Waals surface area contributed by atoms with Crippen molar-refractivity contribution in [2.24, 2.45) is 0 Å². The fourth-order valence-corrected chi connectivity index (χ4v) is 2.81. The number of benzene rings is 1. The van der Waals surface area contributed by atoms with Crippen LogP contribution >= 0.6 is 0 Å². The van der Waals surface area contributed by atoms with Crippen LogP contribution in [0.15, 0.2) is 30.3 Å². The highest BCUT2D eigenvalue weighted by molar-refractivity contribution is 5.81. The minimum absolute atomic E-state index is 0.00213. The van der Waals surface area contributed by atoms with E-state index < -0.39 is 6.10 Å². The Morgan fingerprint density at radius 1 is 1.33 bits per heavy atom. The molecule has 2 atom stereocenters. The van der Waals surface area contributed by atoms with Gasteiger partial charge in [0.05, 0.1) is 12.6 Å². The zero-order valence-electron chi connectivity index (χ0n) is 12.7. The standard InChI is InChI=1S/C17H25NO3/c1-2-16(21-15-10-6-3-7-11-15)17(20)18-12-8-4-5-9-14(18)13-19/h3,6-7,10-11,14,16,19H,2,4-5,8-9,12-13H2,1H3. The first-order valence-electron chi connectivity index (χ1n) is 7.89. The van der Waals surface area contributed by atoms with Crippen molar-refractivity contribution in [1.29, 1.82) is 0 Å². The minimum Gasteiger partial charge on any atom is -0.481 e. The van der Waals surface area contributed by atoms with Gasteiger partial charge in [-0.05, 0) is 31.4 Å². The molecule has 1 fully saturated rings. The van der Waals surface area contributed by atoms with Gasteiger partial charge in [0.25, 0.3) is 5.91 Å². The van der Waals surface area contributed by atoms with Crippen LogP contribution in [0.3, 0.4) is 0 Å². The molecule has 1 amide bonds. The van der Waals surface area contributed by atoms with Crippen molar-refractivity contribution in [3.05, 3.63) is 30.3 Å². The smallest absolute Gasteiger partial charge is 0.263 e. The fourth-order valence-electron chi connectivity index (χ4n) is 2.81. The summed E-state index contributed by atoms with van der Waals surface area (Å²) in [5.41, 5.74) is 0. The maximum Gasteiger partial charge on any atom is 0.263 e. The SMILES string of the molecule is CCC(Oc1ccccc1)C(=O)N1CCCCCC1CO. The van der Waals surface area contributed by atoms with E-state index >= 15 is 0 Å². The van der Waals surface area contributed by atoms with Crippen LogP contribution in [-0.4, -0.2) is 41.2 Å². The van der Waals surface area contributed by atoms with E-state index in [1.807, 2.05) is 42.2 Å². The quantitative estimate of drug-likeness (QED) is 0.907. The number of hydrogen-bond donors (Lipinski definition) is 1. The molecule has 0 bridgehead atoms. The average molecular weight is 291 g/mol. The summed E-state index contributed by atoms with van der Waals surface area (Å²) in [6.07, 6.45) is 4.23. The monoisotopic (exact) mass is 291 g/mol. The summed E-state index contributed by atoms with van der Waals surface area (Å²) in [5.74, 6) is 0.718. The van der Waals surface area contributed by atoms with E-state index in [4.69, 9.17) is 4.74 Å². The molecule has 1 N–H and O–H groups in total. The maximum atomic E-state index is 12.7. The van der Waals surface area contributed by atoms with Gasteiger partial charge in [0, 0.05) is 6.54 Å². The highest BCUT2D eigenvalue weighted by atomic mass is 16.5. The zero-order chi connectivity index (χ0) is 15.1. The third-order valence-electron chi connectivity index (χ3n) is 4.04. The molecule has 0 spiro atoms. The van der Waals surface area contributed by atoms with Crippen molar-refractivity contribution in [3.63, 3.8) is 0 Å². The Morgan fingerprint density at radius 3 is 2.76 bits per heavy atom. The molecular formula is C17H25NO3. The Hall–Kier alpha value is -1.55. The van der Waals surface area contributed by atoms with Crippen molar-refractivity contribution >= 4 is 5.91 Å². The van der Waals surface area contributed by atoms with E-state index in [-0.39, 0.29) is 18.6 Å². The lowest BCUT2D eigenvalue weighted by atomic mass is 10.1. The summed E-state index contributed by atoms with van der Waals surface area (Å²) in [7, 11) is 0. The molecule has 0 saturated carbocycles. The maximum absolute atomic E-state index is 12.7. The molecule has 116 valence electrons. The molecule has 21 heavy (non-hydrogen) atoms. The third kappa shape index (κ3) is 4.21. The number of aliphatic hydroxyl groups is 1. The molecule has 0 aromatic heterocycles. The van der Waals surface area contributed by atoms with Crippen LogP contribution in [0.4, 0.5) is 0 Å². The van der Waals surface area contributed by atoms with Gasteiger partial charge in [0.15, 0.2) is 6.10 Å². The summed E-state index contributed by atoms with van der Waals surface area (Å²) in [6.45, 7) is 2.71. The number of nitrogens with zero attached hydrogens (tertiary/aromatic N) is 1. The van der Waals surface area contributed by atoms with Crippen LogP contribution in [0.5, 0.6) is 5.75 Å². The van der Waals surface area contributed by atoms with E-state index in [0.29, 0.717) is 12.2 Å². The van der Waals surface area contributed by atoms with Gasteiger partial charge in [-0.25, -0.2) is 0 Å². The lowest BCUT2D eigenvalue weighted by Crippen LogP contribution is -2.48. The van der Waals surface area contributed by atoms with Crippen LogP contribution in [-0.2, 0) is 4.79 Å². The molecule has 2 unspecified atom stereocenters. The Labute approximate surface area is 126 Å². The Morgan fingerprint density at radius 2 is 2.10 bits per heavy atom. The van der Waals surface area contributed by atoms with Gasteiger partial charge >= 0.3 is 0 Å². The fraction of sp³-hybridized carbons (Fsp3) is 0.588. The summed E-state index contributed by atoms with van der Waals surface area (Å²) in [6, 6.07) is 9.38. The molecule has 4 heteroatoms. The third-order valence-corrected chi connectivity index (χ3v) is 4.04. The van der Waals surface area contributed by atoms with Crippen LogP contribution in [0.2, 0.25) is 0 Å². The molecule has 1 aromatic carbocycles. The normalized spacial score (nSPS) is 20.7. The van der Waals surface area contributed by atoms with Gasteiger partial charge in [-0.1, -0.05) is 38.0 Å². The molecule has 1 heterocycles. The van der Waals surface area contributed by atoms with Crippen molar-refractivity contribution in [1.82, 2.24) is 4.90 Å². The molecular weight excluding hydrogens is 266 g/mol. The van der Waals surface area contributed by atoms with Crippen molar-refractivity contribution in [2.45, 2.75) is 51.2 Å². The lowest BCUT2D eigenvalue weighted by molar-refractivity contribution is -0.142. The van der Waals surface area contributed by atoms with Gasteiger partial charge in [-0.3, -0.25) is 4.79 Å². The van der Waals surface area contributed by atoms with E-state index in [2.05, 4.69) is 0 Å². The largest absolute Gasteiger partial charge is 0.481 e. The lowest BCUT2D eigenvalue weighted by Gasteiger charge is -2.31. The van der Waals surface area contributed by atoms with Crippen LogP contribution < -0.4 is 4.74 Å². The first kappa shape index (κ1) is 15.8. The second kappa shape index (κ2) is 8.03. The van der Waals surface area contributed by atoms with Gasteiger partial charge in [-0.2, -0.15) is 0 Å². The number of carbonyl (C=O) groups is 1. The number of rotatable bonds is 5. The van der Waals surface area contributed by atoms with Crippen LogP contribution in [0, 0.1) is 0 Å². The molecule has 4 nitrogen and oxygen atoms in total. The Balaban J connectivity index is 2.07. The highest BCUT2D eigenvalue weighted by Crippen LogP contribution is 2.20. The number of hydrogen-bond acceptors (Lipinski definition) is 3. The van der Waals surface area contributed by atoms with Gasteiger partial charge in [0.2, 0.25) is 0 Å². The van der Waals surface area contributed by atoms with Gasteiger partial charge < -0.3 is 14.7 Å². The first-order chi connectivity index (χ1) is 10.3. The summed E-state index contributed by atoms with van der Waals surface area (Å²) in [5, 5.41) is 9.54. The second-order valence-corrected chi connectivity index (χ2v) is 5.55. The predicted molar refractivity (Wildman–Crippen MR) is 82.2 cm³/mol. The van der Waals surface area contributed by atoms with Gasteiger partial charge in [-0.15, -0.1) is 0 Å². The number of likely N-dealkylation sites (tertiary alicyclic amines) is 1. The van der Waals surface area contributed by atoms with E-state index in [1.54, 1.807) is 0 Å². The van der Waals surface area contributed by atoms with Crippen molar-refractivity contribution in [3.8, 4) is 5.75 Å². The predicted octanol–water partition coefficient (Wildman–Crippen LogP) is 2.61. The number of aliphatic hydroxyl groups excluding tert-OH is 1. The van der Waals surface area contributed by atoms with Crippen molar-refractivity contribution in [2.75, 3.05) is 13.2 Å². The number of ether oxygens (including phenoxy) is 1. The number of carbonyl (C=O) groups excluding carboxylic acids is 1. The average Bonchev–Trinajstić information content (AvgIpc) is 2.78. The van der Waals surface area contributed by atoms with E-state index in [0.717, 1.165) is 32.2 Å². The Kier molecular flexibility index (Phi) is 6.05. The van der Waals surface area contributed by atoms with Crippen LogP contribution in [0.1, 0.15) is 39.0 Å². The first-order valence-corrected chi connectivity index (χ1v) is 7.89. The molecule has 1 saturated heterocycles. The van der Waals surface area contributed by atoms with E-state index in [9.17, 15) is 9.90 Å². The highest BCUT2D eigenvalue weighted by Gasteiger charge is 2.30. The molecule has 2 rings (SSSR count). The minimum atomic E-state index is -0.473. The summed E-state index contributed by atoms with van der Waals surface area (Å²) < 4.78 is 5.84. The second-order valence-electron chi connectivity index (χ2n) is 5.55. The molecule has 0 radical (unpaired) electrons. The molecule has 0 aliphatic carbocycles.